The van der Waals surface area contributed by atoms with Crippen molar-refractivity contribution in [3.63, 3.8) is 0 Å². The van der Waals surface area contributed by atoms with Crippen LogP contribution in [-0.2, 0) is 16.6 Å². The van der Waals surface area contributed by atoms with Crippen LogP contribution in [0.15, 0.2) is 17.0 Å². The summed E-state index contributed by atoms with van der Waals surface area (Å²) in [5.74, 6) is -2.46. The molecule has 0 bridgehead atoms. The second-order valence-electron chi connectivity index (χ2n) is 5.66. The van der Waals surface area contributed by atoms with Gasteiger partial charge in [-0.05, 0) is 44.4 Å². The zero-order valence-electron chi connectivity index (χ0n) is 12.4. The highest BCUT2D eigenvalue weighted by atomic mass is 32.2. The van der Waals surface area contributed by atoms with Crippen molar-refractivity contribution in [3.05, 3.63) is 29.3 Å². The molecule has 0 unspecified atom stereocenters. The number of nitrogens with zero attached hydrogens (tertiary/aromatic N) is 1. The maximum Gasteiger partial charge on any atom is 0.246 e. The molecule has 1 aliphatic carbocycles. The van der Waals surface area contributed by atoms with E-state index >= 15 is 0 Å². The van der Waals surface area contributed by atoms with E-state index in [-0.39, 0.29) is 6.04 Å². The second-order valence-corrected chi connectivity index (χ2v) is 7.63. The smallest absolute Gasteiger partial charge is 0.246 e. The summed E-state index contributed by atoms with van der Waals surface area (Å²) in [6, 6.07) is 2.31. The van der Waals surface area contributed by atoms with Crippen molar-refractivity contribution in [1.29, 1.82) is 0 Å². The molecule has 0 saturated heterocycles. The summed E-state index contributed by atoms with van der Waals surface area (Å²) in [7, 11) is -2.69. The molecule has 0 amide bonds. The van der Waals surface area contributed by atoms with Gasteiger partial charge < -0.3 is 5.32 Å². The fraction of sp³-hybridized carbons (Fsp3) is 0.571. The van der Waals surface area contributed by atoms with Crippen LogP contribution in [0.3, 0.4) is 0 Å². The van der Waals surface area contributed by atoms with E-state index < -0.39 is 26.6 Å². The van der Waals surface area contributed by atoms with E-state index in [9.17, 15) is 17.2 Å². The molecule has 1 N–H and O–H groups in total. The Morgan fingerprint density at radius 2 is 1.95 bits per heavy atom. The zero-order valence-corrected chi connectivity index (χ0v) is 13.2. The Kier molecular flexibility index (Phi) is 4.65. The third-order valence-electron chi connectivity index (χ3n) is 3.61. The largest absolute Gasteiger partial charge is 0.310 e. The van der Waals surface area contributed by atoms with Crippen LogP contribution in [-0.4, -0.2) is 31.9 Å². The predicted molar refractivity (Wildman–Crippen MR) is 76.3 cm³/mol. The molecule has 0 aliphatic heterocycles. The topological polar surface area (TPSA) is 49.4 Å². The average Bonchev–Trinajstić information content (AvgIpc) is 3.22. The van der Waals surface area contributed by atoms with Crippen molar-refractivity contribution >= 4 is 10.0 Å². The van der Waals surface area contributed by atoms with E-state index in [0.29, 0.717) is 18.2 Å². The quantitative estimate of drug-likeness (QED) is 0.875. The van der Waals surface area contributed by atoms with Crippen LogP contribution < -0.4 is 5.32 Å². The lowest BCUT2D eigenvalue weighted by Gasteiger charge is -2.21. The maximum absolute atomic E-state index is 13.9. The van der Waals surface area contributed by atoms with Crippen molar-refractivity contribution < 1.29 is 17.2 Å². The number of halogens is 2. The highest BCUT2D eigenvalue weighted by molar-refractivity contribution is 7.89. The van der Waals surface area contributed by atoms with Crippen LogP contribution in [0.5, 0.6) is 0 Å². The fourth-order valence-corrected chi connectivity index (χ4v) is 3.38. The van der Waals surface area contributed by atoms with Crippen LogP contribution in [0, 0.1) is 11.6 Å². The molecule has 1 fully saturated rings. The minimum atomic E-state index is -4.05. The van der Waals surface area contributed by atoms with Crippen LogP contribution in [0.2, 0.25) is 0 Å². The SMILES string of the molecule is CC(C)N(C)S(=O)(=O)c1cc(CNC2CC2)cc(F)c1F. The zero-order chi connectivity index (χ0) is 15.8. The molecular formula is C14H20F2N2O2S. The van der Waals surface area contributed by atoms with Gasteiger partial charge >= 0.3 is 0 Å². The minimum Gasteiger partial charge on any atom is -0.310 e. The van der Waals surface area contributed by atoms with E-state index in [0.717, 1.165) is 23.2 Å². The highest BCUT2D eigenvalue weighted by Crippen LogP contribution is 2.25. The molecule has 4 nitrogen and oxygen atoms in total. The van der Waals surface area contributed by atoms with Crippen molar-refractivity contribution in [1.82, 2.24) is 9.62 Å². The monoisotopic (exact) mass is 318 g/mol. The lowest BCUT2D eigenvalue weighted by molar-refractivity contribution is 0.403. The van der Waals surface area contributed by atoms with Crippen LogP contribution >= 0.6 is 0 Å². The van der Waals surface area contributed by atoms with Crippen molar-refractivity contribution in [2.75, 3.05) is 7.05 Å². The molecule has 0 atom stereocenters. The summed E-state index contributed by atoms with van der Waals surface area (Å²) in [4.78, 5) is -0.605. The predicted octanol–water partition coefficient (Wildman–Crippen LogP) is 2.25. The van der Waals surface area contributed by atoms with Gasteiger partial charge in [0.1, 0.15) is 4.90 Å². The third kappa shape index (κ3) is 3.59. The number of rotatable bonds is 6. The van der Waals surface area contributed by atoms with Crippen LogP contribution in [0.4, 0.5) is 8.78 Å². The molecule has 118 valence electrons. The first-order valence-corrected chi connectivity index (χ1v) is 8.37. The normalized spacial score (nSPS) is 16.0. The standard InChI is InChI=1S/C14H20F2N2O2S/c1-9(2)18(3)21(19,20)13-7-10(6-12(15)14(13)16)8-17-11-4-5-11/h6-7,9,11,17H,4-5,8H2,1-3H3. The Morgan fingerprint density at radius 3 is 2.48 bits per heavy atom. The van der Waals surface area contributed by atoms with Gasteiger partial charge in [0.25, 0.3) is 0 Å². The molecule has 2 rings (SSSR count). The lowest BCUT2D eigenvalue weighted by Crippen LogP contribution is -2.34. The summed E-state index contributed by atoms with van der Waals surface area (Å²) in [5.41, 5.74) is 0.427. The summed E-state index contributed by atoms with van der Waals surface area (Å²) in [6.07, 6.45) is 2.12. The molecule has 7 heteroatoms. The molecule has 21 heavy (non-hydrogen) atoms. The van der Waals surface area contributed by atoms with E-state index in [1.807, 2.05) is 0 Å². The van der Waals surface area contributed by atoms with Gasteiger partial charge in [0.15, 0.2) is 11.6 Å². The molecule has 1 aromatic carbocycles. The van der Waals surface area contributed by atoms with E-state index in [2.05, 4.69) is 5.32 Å². The molecule has 0 radical (unpaired) electrons. The Bertz CT molecular complexity index is 628. The molecule has 0 heterocycles. The first kappa shape index (κ1) is 16.3. The molecule has 1 aromatic rings. The Hall–Kier alpha value is -1.05. The van der Waals surface area contributed by atoms with Gasteiger partial charge in [-0.25, -0.2) is 17.2 Å². The van der Waals surface area contributed by atoms with Crippen molar-refractivity contribution in [2.45, 2.75) is 50.2 Å². The Morgan fingerprint density at radius 1 is 1.33 bits per heavy atom. The van der Waals surface area contributed by atoms with Gasteiger partial charge in [0, 0.05) is 25.7 Å². The molecule has 1 aliphatic rings. The molecule has 0 aromatic heterocycles. The number of benzene rings is 1. The van der Waals surface area contributed by atoms with Crippen molar-refractivity contribution in [3.8, 4) is 0 Å². The third-order valence-corrected chi connectivity index (χ3v) is 5.64. The van der Waals surface area contributed by atoms with E-state index in [1.165, 1.54) is 13.1 Å². The Balaban J connectivity index is 2.36. The second kappa shape index (κ2) is 5.98. The number of hydrogen-bond donors (Lipinski definition) is 1. The summed E-state index contributed by atoms with van der Waals surface area (Å²) < 4.78 is 53.3. The van der Waals surface area contributed by atoms with Crippen molar-refractivity contribution in [2.24, 2.45) is 0 Å². The fourth-order valence-electron chi connectivity index (χ4n) is 1.89. The van der Waals surface area contributed by atoms with Gasteiger partial charge in [0.2, 0.25) is 10.0 Å². The maximum atomic E-state index is 13.9. The van der Waals surface area contributed by atoms with E-state index in [4.69, 9.17) is 0 Å². The lowest BCUT2D eigenvalue weighted by atomic mass is 10.2. The number of nitrogens with one attached hydrogen (secondary N) is 1. The summed E-state index contributed by atoms with van der Waals surface area (Å²) in [6.45, 7) is 3.67. The number of sulfonamides is 1. The van der Waals surface area contributed by atoms with Gasteiger partial charge in [-0.15, -0.1) is 0 Å². The average molecular weight is 318 g/mol. The van der Waals surface area contributed by atoms with Crippen LogP contribution in [0.1, 0.15) is 32.3 Å². The Labute approximate surface area is 124 Å². The highest BCUT2D eigenvalue weighted by Gasteiger charge is 2.29. The minimum absolute atomic E-state index is 0.329. The van der Waals surface area contributed by atoms with E-state index in [1.54, 1.807) is 13.8 Å². The summed E-state index contributed by atoms with van der Waals surface area (Å²) >= 11 is 0. The van der Waals surface area contributed by atoms with Gasteiger partial charge in [-0.2, -0.15) is 4.31 Å². The first-order valence-electron chi connectivity index (χ1n) is 6.93. The first-order chi connectivity index (χ1) is 9.73. The molecular weight excluding hydrogens is 298 g/mol. The number of hydrogen-bond acceptors (Lipinski definition) is 3. The van der Waals surface area contributed by atoms with Gasteiger partial charge in [-0.3, -0.25) is 0 Å². The van der Waals surface area contributed by atoms with Crippen LogP contribution in [0.25, 0.3) is 0 Å². The van der Waals surface area contributed by atoms with Gasteiger partial charge in [-0.1, -0.05) is 0 Å². The van der Waals surface area contributed by atoms with Gasteiger partial charge in [0.05, 0.1) is 0 Å². The summed E-state index contributed by atoms with van der Waals surface area (Å²) in [5, 5.41) is 3.15. The molecule has 1 saturated carbocycles. The molecule has 0 spiro atoms.